The van der Waals surface area contributed by atoms with Crippen LogP contribution < -0.4 is 0 Å². The molecule has 8 heteroatoms. The Kier molecular flexibility index (Phi) is 57.1. The predicted octanol–water partition coefficient (Wildman–Crippen LogP) is 14.0. The molecule has 0 aromatic heterocycles. The molecule has 0 aliphatic heterocycles. The molecule has 0 bridgehead atoms. The van der Waals surface area contributed by atoms with Gasteiger partial charge in [0.25, 0.3) is 0 Å². The van der Waals surface area contributed by atoms with Crippen LogP contribution in [0.25, 0.3) is 0 Å². The zero-order valence-corrected chi connectivity index (χ0v) is 36.2. The van der Waals surface area contributed by atoms with Gasteiger partial charge in [0, 0.05) is 123 Å². The first kappa shape index (κ1) is 62.7. The van der Waals surface area contributed by atoms with E-state index >= 15 is 0 Å². The first-order chi connectivity index (χ1) is 31.0. The number of carbonyl (C=O) groups is 3. The number of rotatable bonds is 0. The van der Waals surface area contributed by atoms with Crippen LogP contribution in [0.15, 0.2) is 0 Å². The Morgan fingerprint density at radius 3 is 0.462 bits per heavy atom. The molecule has 7 nitrogen and oxygen atoms in total. The van der Waals surface area contributed by atoms with Gasteiger partial charge in [-0.3, -0.25) is 0 Å². The van der Waals surface area contributed by atoms with E-state index in [0.717, 1.165) is 0 Å². The molecular weight excluding hydrogens is 844 g/mol. The minimum atomic E-state index is -1.24. The SMILES string of the molecule is CC#CC#CC#CC#CC#CC#CC#CC#CC(=O)O.CC#CC#CC#CC#CC#CC#CC#CC#CC(=O)O.CC#CC#CC#CC#CC#CC#CC#CC#CC(=O)O.CC(C)O.[HH].[HH].[HH].[HH].[HH].[HH].[HH].[HH].[HH].[HH].[HH].[HH].[HH].[HH].[HH].[HH].[HH].[HH].[HH].[HH].[HH].[HH].[HH].[HH].[HH].[HH].[HH].[HH].[HH].[HH].[HH].[HH].[HH].[HH].[HH].[HH].[HH].[HH].[HH].[HH].[HH].[HH].[HH].[HH].[HH].[HH].[HH].[HH].[HH].[HH].[HH].[HH].[HH].[HH].[Ti]. The van der Waals surface area contributed by atoms with E-state index in [2.05, 4.69) is 266 Å². The van der Waals surface area contributed by atoms with Crippen molar-refractivity contribution in [3.8, 4) is 284 Å². The van der Waals surface area contributed by atoms with Crippen molar-refractivity contribution in [3.63, 3.8) is 0 Å². The van der Waals surface area contributed by atoms with Gasteiger partial charge in [0.15, 0.2) is 0 Å². The molecule has 0 fully saturated rings. The van der Waals surface area contributed by atoms with E-state index in [1.165, 1.54) is 0 Å². The third kappa shape index (κ3) is 85.8. The molecule has 0 aromatic rings. The van der Waals surface area contributed by atoms with Crippen molar-refractivity contribution in [2.75, 3.05) is 0 Å². The zero-order valence-electron chi connectivity index (χ0n) is 34.6. The van der Waals surface area contributed by atoms with E-state index in [1.807, 2.05) is 17.8 Å². The fraction of sp³-hybridized carbons (Fsp3) is 0.105. The molecule has 0 amide bonds. The smallest absolute Gasteiger partial charge is 0.382 e. The van der Waals surface area contributed by atoms with Gasteiger partial charge in [-0.15, -0.1) is 0 Å². The minimum absolute atomic E-state index is 0. The second kappa shape index (κ2) is 59.2. The number of carboxylic acid groups (broad SMARTS) is 3. The van der Waals surface area contributed by atoms with Crippen molar-refractivity contribution in [1.82, 2.24) is 0 Å². The van der Waals surface area contributed by atoms with E-state index < -0.39 is 17.9 Å². The fourth-order valence-electron chi connectivity index (χ4n) is 1.57. The summed E-state index contributed by atoms with van der Waals surface area (Å²) in [5.74, 6) is 110. The Hall–Kier alpha value is -11.5. The largest absolute Gasteiger partial charge is 0.472 e. The van der Waals surface area contributed by atoms with Crippen LogP contribution in [0.5, 0.6) is 0 Å². The molecule has 0 spiro atoms. The molecule has 0 saturated heterocycles. The number of carboxylic acids is 3. The molecule has 4 N–H and O–H groups in total. The van der Waals surface area contributed by atoms with Crippen LogP contribution in [-0.2, 0) is 36.1 Å². The molecule has 0 aliphatic rings. The summed E-state index contributed by atoms with van der Waals surface area (Å²) in [5, 5.41) is 32.6. The Bertz CT molecular complexity index is 3170. The van der Waals surface area contributed by atoms with Gasteiger partial charge in [-0.25, -0.2) is 14.4 Å². The quantitative estimate of drug-likeness (QED) is 0.140. The molecule has 0 unspecified atom stereocenters. The third-order valence-electron chi connectivity index (χ3n) is 3.32. The second-order valence-corrected chi connectivity index (χ2v) is 8.38. The average molecular weight is 974 g/mol. The van der Waals surface area contributed by atoms with Crippen molar-refractivity contribution in [3.05, 3.63) is 0 Å². The van der Waals surface area contributed by atoms with Crippen molar-refractivity contribution in [2.45, 2.75) is 40.7 Å². The fourth-order valence-corrected chi connectivity index (χ4v) is 1.57. The summed E-state index contributed by atoms with van der Waals surface area (Å²) in [5.41, 5.74) is 0. The summed E-state index contributed by atoms with van der Waals surface area (Å²) in [6.07, 6.45) is -0.167. The van der Waals surface area contributed by atoms with Gasteiger partial charge >= 0.3 is 17.9 Å². The summed E-state index contributed by atoms with van der Waals surface area (Å²) in [7, 11) is 0. The monoisotopic (exact) mass is 973 g/mol. The Balaban J connectivity index is -0.00000000634. The van der Waals surface area contributed by atoms with Gasteiger partial charge in [0.05, 0.1) is 0 Å². The number of aliphatic carboxylic acids is 3. The van der Waals surface area contributed by atoms with Crippen molar-refractivity contribution >= 4 is 17.9 Å². The zero-order chi connectivity index (χ0) is 48.3. The molecule has 0 aromatic carbocycles. The first-order valence-corrected chi connectivity index (χ1v) is 16.2. The van der Waals surface area contributed by atoms with E-state index in [0.29, 0.717) is 0 Å². The van der Waals surface area contributed by atoms with Gasteiger partial charge in [0.1, 0.15) is 0 Å². The second-order valence-electron chi connectivity index (χ2n) is 8.38. The molecule has 0 aliphatic carbocycles. The summed E-state index contributed by atoms with van der Waals surface area (Å²) >= 11 is 0. The maximum absolute atomic E-state index is 9.99. The van der Waals surface area contributed by atoms with E-state index in [-0.39, 0.29) is 105 Å². The normalized spacial score (nSPS) is 4.66. The maximum atomic E-state index is 9.99. The molecular formula is C57H128O7Ti. The molecule has 0 atom stereocenters. The summed E-state index contributed by atoms with van der Waals surface area (Å²) < 4.78 is 0. The predicted molar refractivity (Wildman–Crippen MR) is 358 cm³/mol. The standard InChI is InChI=1S/3C18H4O2.C3H8O.Ti.54H2/c3*1-2-3-4-5-6-7-8-9-10-11-12-13-14-15-16-17-18(19)20;1-3(2)4;;;;;;;;;;;;;;;;;;;;;;;;;;;;;;;;;;;;;;;;;;;;;;;;;;;;;;;/h3*1H3,(H,19,20);3-4H,1-2H3;;54*1H. The number of aliphatic hydroxyl groups excluding tert-OH is 1. The maximum Gasteiger partial charge on any atom is 0.382 e. The van der Waals surface area contributed by atoms with Crippen molar-refractivity contribution in [1.29, 1.82) is 0 Å². The van der Waals surface area contributed by atoms with Crippen LogP contribution in [0, 0.1) is 284 Å². The minimum Gasteiger partial charge on any atom is -0.472 e. The first-order valence-electron chi connectivity index (χ1n) is 16.2. The van der Waals surface area contributed by atoms with Gasteiger partial charge in [0.2, 0.25) is 0 Å². The Morgan fingerprint density at radius 2 is 0.369 bits per heavy atom. The van der Waals surface area contributed by atoms with E-state index in [1.54, 1.807) is 34.6 Å². The van der Waals surface area contributed by atoms with Crippen molar-refractivity contribution in [2.24, 2.45) is 0 Å². The Morgan fingerprint density at radius 1 is 0.277 bits per heavy atom. The third-order valence-corrected chi connectivity index (χ3v) is 3.32. The summed E-state index contributed by atoms with van der Waals surface area (Å²) in [6.45, 7) is 8.49. The van der Waals surface area contributed by atoms with E-state index in [4.69, 9.17) is 20.4 Å². The number of aliphatic hydroxyl groups is 1. The van der Waals surface area contributed by atoms with Crippen LogP contribution in [0.2, 0.25) is 0 Å². The Labute approximate surface area is 477 Å². The average Bonchev–Trinajstić information content (AvgIpc) is 3.25. The van der Waals surface area contributed by atoms with Gasteiger partial charge < -0.3 is 20.4 Å². The van der Waals surface area contributed by atoms with Crippen LogP contribution >= 0.6 is 0 Å². The van der Waals surface area contributed by atoms with Crippen LogP contribution in [0.4, 0.5) is 0 Å². The van der Waals surface area contributed by atoms with Crippen LogP contribution in [-0.4, -0.2) is 44.4 Å². The van der Waals surface area contributed by atoms with Crippen molar-refractivity contribution < 1.29 is 134 Å². The topological polar surface area (TPSA) is 132 Å². The van der Waals surface area contributed by atoms with Gasteiger partial charge in [-0.1, -0.05) is 17.8 Å². The molecule has 0 radical (unpaired) electrons. The van der Waals surface area contributed by atoms with Gasteiger partial charge in [-0.05, 0) is 283 Å². The molecule has 0 heterocycles. The summed E-state index contributed by atoms with van der Waals surface area (Å²) in [4.78, 5) is 30.0. The number of hydrogen-bond donors (Lipinski definition) is 4. The molecule has 65 heavy (non-hydrogen) atoms. The van der Waals surface area contributed by atoms with Crippen LogP contribution in [0.3, 0.4) is 0 Å². The van der Waals surface area contributed by atoms with Gasteiger partial charge in [-0.2, -0.15) is 0 Å². The molecule has 0 rings (SSSR count). The number of hydrogen-bond acceptors (Lipinski definition) is 4. The van der Waals surface area contributed by atoms with Crippen LogP contribution in [0.1, 0.15) is 112 Å². The molecule has 0 saturated carbocycles. The summed E-state index contributed by atoms with van der Waals surface area (Å²) in [6, 6.07) is 0. The molecule has 402 valence electrons. The van der Waals surface area contributed by atoms with E-state index in [9.17, 15) is 14.4 Å².